The molecular weight excluding hydrogens is 556 g/mol. The second-order valence-electron chi connectivity index (χ2n) is 7.83. The Morgan fingerprint density at radius 2 is 1.84 bits per heavy atom. The lowest BCUT2D eigenvalue weighted by atomic mass is 10.1. The number of amides is 1. The van der Waals surface area contributed by atoms with Crippen LogP contribution in [0.4, 0.5) is 33.5 Å². The predicted molar refractivity (Wildman–Crippen MR) is 130 cm³/mol. The minimum atomic E-state index is -4.91. The van der Waals surface area contributed by atoms with Gasteiger partial charge in [-0.05, 0) is 36.4 Å². The second-order valence-corrected chi connectivity index (χ2v) is 8.65. The van der Waals surface area contributed by atoms with Crippen molar-refractivity contribution in [3.8, 4) is 17.6 Å². The minimum absolute atomic E-state index is 0.0228. The summed E-state index contributed by atoms with van der Waals surface area (Å²) in [6.45, 7) is 0.0826. The van der Waals surface area contributed by atoms with Gasteiger partial charge in [-0.15, -0.1) is 0 Å². The minimum Gasteiger partial charge on any atom is -0.453 e. The van der Waals surface area contributed by atoms with E-state index in [-0.39, 0.29) is 63.0 Å². The van der Waals surface area contributed by atoms with Crippen molar-refractivity contribution in [3.05, 3.63) is 75.3 Å². The van der Waals surface area contributed by atoms with Crippen molar-refractivity contribution in [1.82, 2.24) is 9.78 Å². The van der Waals surface area contributed by atoms with E-state index in [1.54, 1.807) is 0 Å². The highest BCUT2D eigenvalue weighted by atomic mass is 35.5. The largest absolute Gasteiger partial charge is 0.453 e. The van der Waals surface area contributed by atoms with Crippen LogP contribution in [-0.4, -0.2) is 15.7 Å². The number of aryl methyl sites for hydroxylation is 1. The molecule has 1 amide bonds. The summed E-state index contributed by atoms with van der Waals surface area (Å²) in [5.41, 5.74) is 4.05. The van der Waals surface area contributed by atoms with Crippen LogP contribution in [0.15, 0.2) is 42.5 Å². The van der Waals surface area contributed by atoms with Crippen LogP contribution in [0.2, 0.25) is 10.0 Å². The number of ether oxygens (including phenoxy) is 1. The number of hydrogen-bond donors (Lipinski definition) is 2. The number of rotatable bonds is 6. The summed E-state index contributed by atoms with van der Waals surface area (Å²) in [6, 6.07) is 7.71. The maximum absolute atomic E-state index is 13.9. The van der Waals surface area contributed by atoms with Gasteiger partial charge in [0.2, 0.25) is 0 Å². The van der Waals surface area contributed by atoms with Gasteiger partial charge in [-0.1, -0.05) is 23.2 Å². The van der Waals surface area contributed by atoms with Gasteiger partial charge < -0.3 is 15.8 Å². The van der Waals surface area contributed by atoms with Crippen molar-refractivity contribution >= 4 is 51.5 Å². The first-order chi connectivity index (χ1) is 17.9. The van der Waals surface area contributed by atoms with E-state index in [4.69, 9.17) is 38.9 Å². The van der Waals surface area contributed by atoms with Gasteiger partial charge in [0.05, 0.1) is 51.2 Å². The molecule has 0 aliphatic heterocycles. The molecule has 0 radical (unpaired) electrons. The third-order valence-electron chi connectivity index (χ3n) is 5.22. The molecule has 0 saturated heterocycles. The molecule has 4 rings (SSSR count). The lowest BCUT2D eigenvalue weighted by Gasteiger charge is -2.16. The molecule has 7 nitrogen and oxygen atoms in total. The van der Waals surface area contributed by atoms with Crippen LogP contribution >= 0.6 is 23.2 Å². The van der Waals surface area contributed by atoms with Gasteiger partial charge in [0.25, 0.3) is 5.91 Å². The van der Waals surface area contributed by atoms with Gasteiger partial charge >= 0.3 is 6.18 Å². The average molecular weight is 570 g/mol. The Bertz CT molecular complexity index is 1620. The molecule has 0 atom stereocenters. The number of carbonyl (C=O) groups is 1. The van der Waals surface area contributed by atoms with Crippen LogP contribution in [0, 0.1) is 23.0 Å². The van der Waals surface area contributed by atoms with Crippen LogP contribution in [0.3, 0.4) is 0 Å². The smallest absolute Gasteiger partial charge is 0.416 e. The number of halogens is 7. The number of aromatic nitrogens is 2. The van der Waals surface area contributed by atoms with Gasteiger partial charge in [-0.3, -0.25) is 9.48 Å². The van der Waals surface area contributed by atoms with Gasteiger partial charge in [0.1, 0.15) is 17.4 Å². The zero-order valence-electron chi connectivity index (χ0n) is 18.8. The number of nitriles is 1. The monoisotopic (exact) mass is 569 g/mol. The van der Waals surface area contributed by atoms with Crippen LogP contribution in [-0.2, 0) is 12.7 Å². The van der Waals surface area contributed by atoms with E-state index in [1.807, 2.05) is 6.07 Å². The van der Waals surface area contributed by atoms with Crippen molar-refractivity contribution in [3.63, 3.8) is 0 Å². The van der Waals surface area contributed by atoms with Gasteiger partial charge in [-0.25, -0.2) is 8.78 Å². The van der Waals surface area contributed by atoms with Crippen molar-refractivity contribution in [2.45, 2.75) is 19.1 Å². The standard InChI is InChI=1S/C24H14Cl2F5N5O2/c25-15-3-2-13(27)9-18(15)38-21-17(10-16(26)20-19(21)22(33)35-36(20)5-1-4-32)34-23(37)11-6-12(24(29,30)31)8-14(28)7-11/h2-3,6-10H,1,5H2,(H2,33,35)(H,34,37). The summed E-state index contributed by atoms with van der Waals surface area (Å²) < 4.78 is 74.5. The Morgan fingerprint density at radius 3 is 2.53 bits per heavy atom. The first-order valence-electron chi connectivity index (χ1n) is 10.6. The van der Waals surface area contributed by atoms with E-state index in [1.165, 1.54) is 16.8 Å². The molecule has 0 bridgehead atoms. The molecule has 38 heavy (non-hydrogen) atoms. The molecule has 0 unspecified atom stereocenters. The Balaban J connectivity index is 1.88. The quantitative estimate of drug-likeness (QED) is 0.239. The molecule has 0 fully saturated rings. The van der Waals surface area contributed by atoms with E-state index in [9.17, 15) is 26.7 Å². The molecule has 3 aromatic carbocycles. The van der Waals surface area contributed by atoms with Crippen molar-refractivity contribution in [1.29, 1.82) is 5.26 Å². The molecule has 1 aromatic heterocycles. The fraction of sp³-hybridized carbons (Fsp3) is 0.125. The lowest BCUT2D eigenvalue weighted by Crippen LogP contribution is -2.15. The maximum atomic E-state index is 13.9. The highest BCUT2D eigenvalue weighted by molar-refractivity contribution is 6.36. The number of fused-ring (bicyclic) bond motifs is 1. The number of carbonyl (C=O) groups excluding carboxylic acids is 1. The number of alkyl halides is 3. The second kappa shape index (κ2) is 10.4. The number of hydrogen-bond acceptors (Lipinski definition) is 5. The van der Waals surface area contributed by atoms with Gasteiger partial charge in [-0.2, -0.15) is 23.5 Å². The number of nitrogens with two attached hydrogens (primary N) is 1. The third kappa shape index (κ3) is 5.44. The van der Waals surface area contributed by atoms with Crippen molar-refractivity contribution in [2.75, 3.05) is 11.1 Å². The molecular formula is C24H14Cl2F5N5O2. The topological polar surface area (TPSA) is 106 Å². The highest BCUT2D eigenvalue weighted by Crippen LogP contribution is 2.45. The van der Waals surface area contributed by atoms with Crippen LogP contribution in [0.1, 0.15) is 22.3 Å². The zero-order valence-corrected chi connectivity index (χ0v) is 20.3. The Labute approximate surface area is 221 Å². The molecule has 0 aliphatic rings. The van der Waals surface area contributed by atoms with E-state index >= 15 is 0 Å². The number of nitrogen functional groups attached to an aromatic ring is 1. The SMILES string of the molecule is N#CCCn1nc(N)c2c(Oc3cc(F)ccc3Cl)c(NC(=O)c3cc(F)cc(C(F)(F)F)c3)cc(Cl)c21. The molecule has 14 heteroatoms. The molecule has 4 aromatic rings. The Morgan fingerprint density at radius 1 is 1.11 bits per heavy atom. The van der Waals surface area contributed by atoms with E-state index in [0.717, 1.165) is 12.1 Å². The molecule has 3 N–H and O–H groups in total. The molecule has 1 heterocycles. The number of anilines is 2. The number of nitrogens with one attached hydrogen (secondary N) is 1. The number of benzene rings is 3. The predicted octanol–water partition coefficient (Wildman–Crippen LogP) is 7.18. The zero-order chi connectivity index (χ0) is 27.8. The fourth-order valence-electron chi connectivity index (χ4n) is 3.60. The van der Waals surface area contributed by atoms with Gasteiger partial charge in [0, 0.05) is 11.6 Å². The number of nitrogens with zero attached hydrogens (tertiary/aromatic N) is 3. The maximum Gasteiger partial charge on any atom is 0.416 e. The summed E-state index contributed by atoms with van der Waals surface area (Å²) in [7, 11) is 0. The third-order valence-corrected chi connectivity index (χ3v) is 5.83. The summed E-state index contributed by atoms with van der Waals surface area (Å²) in [4.78, 5) is 12.9. The fourth-order valence-corrected chi connectivity index (χ4v) is 4.06. The summed E-state index contributed by atoms with van der Waals surface area (Å²) in [6.07, 6.45) is -4.87. The van der Waals surface area contributed by atoms with E-state index in [2.05, 4.69) is 10.4 Å². The Hall–Kier alpha value is -4.08. The van der Waals surface area contributed by atoms with E-state index in [0.29, 0.717) is 12.1 Å². The Kier molecular flexibility index (Phi) is 7.35. The van der Waals surface area contributed by atoms with E-state index < -0.39 is 34.8 Å². The molecule has 0 aliphatic carbocycles. The van der Waals surface area contributed by atoms with Crippen LogP contribution < -0.4 is 15.8 Å². The van der Waals surface area contributed by atoms with Crippen molar-refractivity contribution in [2.24, 2.45) is 0 Å². The summed E-state index contributed by atoms with van der Waals surface area (Å²) in [5, 5.41) is 15.4. The molecule has 0 saturated carbocycles. The first-order valence-corrected chi connectivity index (χ1v) is 11.3. The summed E-state index contributed by atoms with van der Waals surface area (Å²) in [5.74, 6) is -3.71. The van der Waals surface area contributed by atoms with Crippen LogP contribution in [0.25, 0.3) is 10.9 Å². The van der Waals surface area contributed by atoms with Gasteiger partial charge in [0.15, 0.2) is 11.6 Å². The molecule has 196 valence electrons. The highest BCUT2D eigenvalue weighted by Gasteiger charge is 2.32. The van der Waals surface area contributed by atoms with Crippen molar-refractivity contribution < 1.29 is 31.5 Å². The van der Waals surface area contributed by atoms with Crippen LogP contribution in [0.5, 0.6) is 11.5 Å². The average Bonchev–Trinajstić information content (AvgIpc) is 3.17. The lowest BCUT2D eigenvalue weighted by molar-refractivity contribution is -0.137. The summed E-state index contributed by atoms with van der Waals surface area (Å²) >= 11 is 12.6. The molecule has 0 spiro atoms. The first kappa shape index (κ1) is 27.0. The normalized spacial score (nSPS) is 11.4.